The second-order valence-corrected chi connectivity index (χ2v) is 13.8. The number of fused-ring (bicyclic) bond motifs is 1. The minimum atomic E-state index is -3.80. The van der Waals surface area contributed by atoms with E-state index >= 15 is 0 Å². The third kappa shape index (κ3) is 5.89. The Hall–Kier alpha value is -4.36. The molecule has 0 spiro atoms. The smallest absolute Gasteiger partial charge is 0.263 e. The zero-order chi connectivity index (χ0) is 31.0. The summed E-state index contributed by atoms with van der Waals surface area (Å²) in [6.45, 7) is 10.7. The van der Waals surface area contributed by atoms with E-state index in [-0.39, 0.29) is 22.4 Å². The number of piperazine rings is 1. The van der Waals surface area contributed by atoms with Crippen LogP contribution in [0.1, 0.15) is 34.2 Å². The largest absolute Gasteiger partial charge is 0.352 e. The zero-order valence-corrected chi connectivity index (χ0v) is 26.7. The molecule has 0 aliphatic carbocycles. The summed E-state index contributed by atoms with van der Waals surface area (Å²) in [6, 6.07) is 10.8. The molecule has 1 fully saturated rings. The highest BCUT2D eigenvalue weighted by Gasteiger charge is 2.26. The molecule has 0 unspecified atom stereocenters. The lowest BCUT2D eigenvalue weighted by Crippen LogP contribution is -2.49. The number of benzene rings is 2. The van der Waals surface area contributed by atoms with Gasteiger partial charge in [-0.2, -0.15) is 0 Å². The van der Waals surface area contributed by atoms with Gasteiger partial charge < -0.3 is 14.8 Å². The Morgan fingerprint density at radius 3 is 2.36 bits per heavy atom. The molecule has 3 aromatic heterocycles. The van der Waals surface area contributed by atoms with Crippen LogP contribution in [0, 0.1) is 20.8 Å². The molecule has 4 heterocycles. The SMILES string of the molecule is CCc1nnc(NS(=O)(=O)c2ccc(CC(=O)N3CCN(c4ncnc5[nH]cc(-c6c(C)cc(C)cc6C)c45)CC3)cc2)s1. The van der Waals surface area contributed by atoms with E-state index in [1.807, 2.05) is 18.0 Å². The lowest BCUT2D eigenvalue weighted by Gasteiger charge is -2.35. The average molecular weight is 631 g/mol. The van der Waals surface area contributed by atoms with Gasteiger partial charge in [0.05, 0.1) is 16.7 Å². The van der Waals surface area contributed by atoms with E-state index in [2.05, 4.69) is 62.7 Å². The second-order valence-electron chi connectivity index (χ2n) is 11.0. The summed E-state index contributed by atoms with van der Waals surface area (Å²) in [6.07, 6.45) is 4.47. The molecule has 13 heteroatoms. The average Bonchev–Trinajstić information content (AvgIpc) is 3.64. The molecule has 0 radical (unpaired) electrons. The summed E-state index contributed by atoms with van der Waals surface area (Å²) in [7, 11) is -3.80. The van der Waals surface area contributed by atoms with Gasteiger partial charge in [-0.25, -0.2) is 18.4 Å². The van der Waals surface area contributed by atoms with E-state index in [0.717, 1.165) is 33.0 Å². The first kappa shape index (κ1) is 29.7. The summed E-state index contributed by atoms with van der Waals surface area (Å²) in [5, 5.41) is 9.81. The first-order valence-corrected chi connectivity index (χ1v) is 16.8. The van der Waals surface area contributed by atoms with E-state index in [1.165, 1.54) is 45.7 Å². The summed E-state index contributed by atoms with van der Waals surface area (Å²) in [5.41, 5.74) is 7.45. The Kier molecular flexibility index (Phi) is 8.08. The summed E-state index contributed by atoms with van der Waals surface area (Å²) in [5.74, 6) is 0.864. The Morgan fingerprint density at radius 2 is 1.70 bits per heavy atom. The van der Waals surface area contributed by atoms with Gasteiger partial charge in [0.1, 0.15) is 22.8 Å². The number of sulfonamides is 1. The predicted octanol–water partition coefficient (Wildman–Crippen LogP) is 4.66. The molecule has 11 nitrogen and oxygen atoms in total. The minimum Gasteiger partial charge on any atom is -0.352 e. The number of nitrogens with one attached hydrogen (secondary N) is 2. The molecule has 1 amide bonds. The van der Waals surface area contributed by atoms with Gasteiger partial charge in [0, 0.05) is 37.9 Å². The van der Waals surface area contributed by atoms with Crippen molar-refractivity contribution in [2.24, 2.45) is 0 Å². The maximum Gasteiger partial charge on any atom is 0.263 e. The number of nitrogens with zero attached hydrogens (tertiary/aromatic N) is 6. The maximum absolute atomic E-state index is 13.2. The van der Waals surface area contributed by atoms with E-state index in [9.17, 15) is 13.2 Å². The van der Waals surface area contributed by atoms with Crippen LogP contribution in [-0.4, -0.2) is 70.6 Å². The number of H-pyrrole nitrogens is 1. The summed E-state index contributed by atoms with van der Waals surface area (Å²) >= 11 is 1.21. The van der Waals surface area contributed by atoms with Crippen molar-refractivity contribution < 1.29 is 13.2 Å². The fourth-order valence-electron chi connectivity index (χ4n) is 5.84. The molecular formula is C31H34N8O3S2. The van der Waals surface area contributed by atoms with Crippen molar-refractivity contribution in [2.45, 2.75) is 45.4 Å². The molecule has 0 bridgehead atoms. The third-order valence-electron chi connectivity index (χ3n) is 7.91. The number of hydrogen-bond acceptors (Lipinski definition) is 9. The van der Waals surface area contributed by atoms with Crippen LogP contribution in [-0.2, 0) is 27.7 Å². The number of rotatable bonds is 8. The van der Waals surface area contributed by atoms with E-state index < -0.39 is 10.0 Å². The molecule has 44 heavy (non-hydrogen) atoms. The highest BCUT2D eigenvalue weighted by molar-refractivity contribution is 7.93. The fraction of sp³-hybridized carbons (Fsp3) is 0.323. The van der Waals surface area contributed by atoms with Crippen molar-refractivity contribution in [3.8, 4) is 11.1 Å². The third-order valence-corrected chi connectivity index (χ3v) is 10.4. The van der Waals surface area contributed by atoms with Crippen molar-refractivity contribution >= 4 is 49.3 Å². The van der Waals surface area contributed by atoms with Crippen molar-refractivity contribution in [2.75, 3.05) is 35.8 Å². The number of aromatic amines is 1. The highest BCUT2D eigenvalue weighted by Crippen LogP contribution is 2.37. The van der Waals surface area contributed by atoms with Gasteiger partial charge in [-0.05, 0) is 61.6 Å². The number of carbonyl (C=O) groups is 1. The van der Waals surface area contributed by atoms with Crippen molar-refractivity contribution in [1.29, 1.82) is 0 Å². The van der Waals surface area contributed by atoms with E-state index in [0.29, 0.717) is 32.6 Å². The zero-order valence-electron chi connectivity index (χ0n) is 25.1. The molecule has 1 aliphatic heterocycles. The minimum absolute atomic E-state index is 0.000380. The van der Waals surface area contributed by atoms with Crippen LogP contribution in [0.5, 0.6) is 0 Å². The van der Waals surface area contributed by atoms with Gasteiger partial charge in [0.25, 0.3) is 10.0 Å². The van der Waals surface area contributed by atoms with Gasteiger partial charge in [0.15, 0.2) is 0 Å². The monoisotopic (exact) mass is 630 g/mol. The highest BCUT2D eigenvalue weighted by atomic mass is 32.2. The molecule has 6 rings (SSSR count). The Bertz CT molecular complexity index is 1920. The number of carbonyl (C=O) groups excluding carboxylic acids is 1. The number of aromatic nitrogens is 5. The van der Waals surface area contributed by atoms with Crippen LogP contribution in [0.15, 0.2) is 53.8 Å². The fourth-order valence-corrected chi connectivity index (χ4v) is 7.75. The van der Waals surface area contributed by atoms with Crippen LogP contribution < -0.4 is 9.62 Å². The lowest BCUT2D eigenvalue weighted by atomic mass is 9.94. The number of hydrogen-bond donors (Lipinski definition) is 2. The van der Waals surface area contributed by atoms with Crippen LogP contribution in [0.2, 0.25) is 0 Å². The first-order valence-electron chi connectivity index (χ1n) is 14.5. The Balaban J connectivity index is 1.12. The van der Waals surface area contributed by atoms with Crippen LogP contribution in [0.3, 0.4) is 0 Å². The normalized spacial score (nSPS) is 13.9. The quantitative estimate of drug-likeness (QED) is 0.253. The maximum atomic E-state index is 13.2. The van der Waals surface area contributed by atoms with Gasteiger partial charge in [0.2, 0.25) is 11.0 Å². The molecule has 1 saturated heterocycles. The van der Waals surface area contributed by atoms with Crippen molar-refractivity contribution in [3.63, 3.8) is 0 Å². The molecule has 0 atom stereocenters. The Labute approximate surface area is 260 Å². The van der Waals surface area contributed by atoms with Crippen LogP contribution in [0.4, 0.5) is 10.9 Å². The molecule has 1 aliphatic rings. The summed E-state index contributed by atoms with van der Waals surface area (Å²) < 4.78 is 28.0. The second kappa shape index (κ2) is 12.0. The first-order chi connectivity index (χ1) is 21.1. The van der Waals surface area contributed by atoms with Gasteiger partial charge >= 0.3 is 0 Å². The van der Waals surface area contributed by atoms with Crippen LogP contribution in [0.25, 0.3) is 22.2 Å². The standard InChI is InChI=1S/C31H34N8O3S2/c1-5-25-35-36-31(43-25)37-44(41,42)23-8-6-22(7-9-23)16-26(40)38-10-12-39(13-11-38)30-28-24(17-32-29(28)33-18-34-30)27-20(3)14-19(2)15-21(27)4/h6-9,14-15,17-18H,5,10-13,16H2,1-4H3,(H,36,37)(H,32,33,34). The topological polar surface area (TPSA) is 137 Å². The summed E-state index contributed by atoms with van der Waals surface area (Å²) in [4.78, 5) is 29.9. The predicted molar refractivity (Wildman–Crippen MR) is 173 cm³/mol. The van der Waals surface area contributed by atoms with Crippen molar-refractivity contribution in [1.82, 2.24) is 30.0 Å². The molecule has 2 N–H and O–H groups in total. The van der Waals surface area contributed by atoms with E-state index in [4.69, 9.17) is 4.98 Å². The molecule has 0 saturated carbocycles. The molecular weight excluding hydrogens is 597 g/mol. The van der Waals surface area contributed by atoms with Gasteiger partial charge in [-0.15, -0.1) is 10.2 Å². The molecule has 228 valence electrons. The number of anilines is 2. The van der Waals surface area contributed by atoms with Crippen molar-refractivity contribution in [3.05, 3.63) is 76.2 Å². The molecule has 2 aromatic carbocycles. The number of amides is 1. The molecule has 5 aromatic rings. The van der Waals surface area contributed by atoms with Gasteiger partial charge in [-0.1, -0.05) is 48.1 Å². The van der Waals surface area contributed by atoms with Crippen LogP contribution >= 0.6 is 11.3 Å². The number of aryl methyl sites for hydroxylation is 4. The lowest BCUT2D eigenvalue weighted by molar-refractivity contribution is -0.130. The van der Waals surface area contributed by atoms with E-state index in [1.54, 1.807) is 18.5 Å². The Morgan fingerprint density at radius 1 is 1.00 bits per heavy atom. The van der Waals surface area contributed by atoms with Gasteiger partial charge in [-0.3, -0.25) is 9.52 Å².